The van der Waals surface area contributed by atoms with Crippen molar-refractivity contribution in [3.8, 4) is 11.5 Å². The highest BCUT2D eigenvalue weighted by molar-refractivity contribution is 5.58. The van der Waals surface area contributed by atoms with E-state index < -0.39 is 0 Å². The number of benzene rings is 3. The van der Waals surface area contributed by atoms with Gasteiger partial charge in [-0.25, -0.2) is 0 Å². The molecule has 1 unspecified atom stereocenters. The molecule has 0 saturated carbocycles. The molecule has 4 nitrogen and oxygen atoms in total. The van der Waals surface area contributed by atoms with Crippen LogP contribution < -0.4 is 9.47 Å². The fraction of sp³-hybridized carbons (Fsp3) is 0.250. The molecule has 1 N–H and O–H groups in total. The van der Waals surface area contributed by atoms with Gasteiger partial charge in [0.15, 0.2) is 6.29 Å². The van der Waals surface area contributed by atoms with Gasteiger partial charge in [0, 0.05) is 20.0 Å². The van der Waals surface area contributed by atoms with Crippen LogP contribution in [0, 0.1) is 0 Å². The minimum atomic E-state index is -0.351. The van der Waals surface area contributed by atoms with Gasteiger partial charge in [-0.2, -0.15) is 0 Å². The van der Waals surface area contributed by atoms with Crippen LogP contribution in [0.25, 0.3) is 18.2 Å². The van der Waals surface area contributed by atoms with Crippen LogP contribution in [0.5, 0.6) is 11.5 Å². The van der Waals surface area contributed by atoms with Gasteiger partial charge in [-0.15, -0.1) is 0 Å². The molecule has 0 fully saturated rings. The Labute approximate surface area is 215 Å². The molecule has 0 radical (unpaired) electrons. The van der Waals surface area contributed by atoms with Crippen molar-refractivity contribution < 1.29 is 19.3 Å². The van der Waals surface area contributed by atoms with Gasteiger partial charge in [0.25, 0.3) is 0 Å². The van der Waals surface area contributed by atoms with E-state index in [1.165, 1.54) is 5.56 Å². The van der Waals surface area contributed by atoms with Crippen molar-refractivity contribution in [3.63, 3.8) is 0 Å². The molecule has 3 aromatic carbocycles. The van der Waals surface area contributed by atoms with Crippen LogP contribution in [0.2, 0.25) is 0 Å². The first-order valence-corrected chi connectivity index (χ1v) is 12.2. The molecule has 0 heterocycles. The van der Waals surface area contributed by atoms with Gasteiger partial charge < -0.3 is 19.3 Å². The van der Waals surface area contributed by atoms with Crippen LogP contribution in [0.3, 0.4) is 0 Å². The van der Waals surface area contributed by atoms with Gasteiger partial charge in [-0.1, -0.05) is 79.8 Å². The minimum Gasteiger partial charge on any atom is -0.516 e. The third kappa shape index (κ3) is 8.79. The second-order valence-corrected chi connectivity index (χ2v) is 9.14. The lowest BCUT2D eigenvalue weighted by Gasteiger charge is -2.27. The molecule has 36 heavy (non-hydrogen) atoms. The van der Waals surface area contributed by atoms with Gasteiger partial charge in [0.2, 0.25) is 0 Å². The maximum absolute atomic E-state index is 8.90. The highest BCUT2D eigenvalue weighted by atomic mass is 16.7. The van der Waals surface area contributed by atoms with E-state index in [1.807, 2.05) is 67.6 Å². The molecule has 0 aromatic heterocycles. The van der Waals surface area contributed by atoms with E-state index >= 15 is 0 Å². The average Bonchev–Trinajstić information content (AvgIpc) is 2.88. The molecular weight excluding hydrogens is 448 g/mol. The van der Waals surface area contributed by atoms with Gasteiger partial charge in [0.1, 0.15) is 17.1 Å². The van der Waals surface area contributed by atoms with Crippen LogP contribution in [0.1, 0.15) is 49.4 Å². The topological polar surface area (TPSA) is 47.9 Å². The molecule has 0 saturated heterocycles. The normalized spacial score (nSPS) is 13.0. The highest BCUT2D eigenvalue weighted by Gasteiger charge is 2.20. The lowest BCUT2D eigenvalue weighted by atomic mass is 9.97. The molecule has 0 aliphatic heterocycles. The Morgan fingerprint density at radius 1 is 0.750 bits per heavy atom. The summed E-state index contributed by atoms with van der Waals surface area (Å²) < 4.78 is 17.3. The van der Waals surface area contributed by atoms with E-state index in [2.05, 4.69) is 50.3 Å². The Hall–Kier alpha value is -3.76. The standard InChI is InChI=1S/C32H36O4/c1-5-31(34-4)35-29-18-14-25(15-19-29)8-6-7-9-26-16-20-30(21-17-26)36-32(2,3)24-28-12-10-27(11-13-28)22-23-33/h6-23,31,33H,5,24H2,1-4H3. The summed E-state index contributed by atoms with van der Waals surface area (Å²) in [6, 6.07) is 24.2. The largest absolute Gasteiger partial charge is 0.516 e. The SMILES string of the molecule is CCC(OC)Oc1ccc(C=CC=Cc2ccc(OC(C)(C)Cc3ccc(C=CO)cc3)cc2)cc1. The molecule has 0 spiro atoms. The van der Waals surface area contributed by atoms with Crippen molar-refractivity contribution in [2.45, 2.75) is 45.5 Å². The summed E-state index contributed by atoms with van der Waals surface area (Å²) in [7, 11) is 1.65. The van der Waals surface area contributed by atoms with Crippen LogP contribution in [0.4, 0.5) is 0 Å². The zero-order chi connectivity index (χ0) is 25.8. The Morgan fingerprint density at radius 2 is 1.25 bits per heavy atom. The number of aliphatic hydroxyl groups is 1. The molecule has 1 atom stereocenters. The average molecular weight is 485 g/mol. The molecule has 188 valence electrons. The van der Waals surface area contributed by atoms with E-state index in [9.17, 15) is 0 Å². The van der Waals surface area contributed by atoms with Gasteiger partial charge >= 0.3 is 0 Å². The first kappa shape index (κ1) is 26.8. The van der Waals surface area contributed by atoms with Crippen LogP contribution in [-0.2, 0) is 11.2 Å². The Bertz CT molecular complexity index is 1130. The van der Waals surface area contributed by atoms with Gasteiger partial charge in [-0.3, -0.25) is 0 Å². The number of aliphatic hydroxyl groups excluding tert-OH is 1. The monoisotopic (exact) mass is 484 g/mol. The first-order valence-electron chi connectivity index (χ1n) is 12.2. The summed E-state index contributed by atoms with van der Waals surface area (Å²) in [6.07, 6.45) is 12.2. The Morgan fingerprint density at radius 3 is 1.75 bits per heavy atom. The van der Waals surface area contributed by atoms with E-state index in [1.54, 1.807) is 13.2 Å². The second-order valence-electron chi connectivity index (χ2n) is 9.14. The van der Waals surface area contributed by atoms with Crippen LogP contribution >= 0.6 is 0 Å². The third-order valence-electron chi connectivity index (χ3n) is 5.58. The fourth-order valence-electron chi connectivity index (χ4n) is 3.77. The van der Waals surface area contributed by atoms with Crippen LogP contribution in [-0.4, -0.2) is 24.1 Å². The van der Waals surface area contributed by atoms with E-state index in [0.29, 0.717) is 0 Å². The molecule has 3 rings (SSSR count). The van der Waals surface area contributed by atoms with E-state index in [0.717, 1.165) is 47.3 Å². The number of hydrogen-bond donors (Lipinski definition) is 1. The first-order chi connectivity index (χ1) is 17.4. The van der Waals surface area contributed by atoms with Crippen molar-refractivity contribution in [1.29, 1.82) is 0 Å². The predicted octanol–water partition coefficient (Wildman–Crippen LogP) is 8.10. The summed E-state index contributed by atoms with van der Waals surface area (Å²) in [5, 5.41) is 8.90. The number of methoxy groups -OCH3 is 1. The second kappa shape index (κ2) is 13.4. The zero-order valence-electron chi connectivity index (χ0n) is 21.6. The third-order valence-corrected chi connectivity index (χ3v) is 5.58. The van der Waals surface area contributed by atoms with Crippen LogP contribution in [0.15, 0.2) is 91.2 Å². The number of hydrogen-bond acceptors (Lipinski definition) is 4. The van der Waals surface area contributed by atoms with Gasteiger partial charge in [0.05, 0.1) is 6.26 Å². The molecule has 0 amide bonds. The predicted molar refractivity (Wildman–Crippen MR) is 149 cm³/mol. The molecule has 0 bridgehead atoms. The summed E-state index contributed by atoms with van der Waals surface area (Å²) in [5.41, 5.74) is 4.00. The smallest absolute Gasteiger partial charge is 0.199 e. The zero-order valence-corrected chi connectivity index (χ0v) is 21.6. The lowest BCUT2D eigenvalue weighted by molar-refractivity contribution is -0.0548. The summed E-state index contributed by atoms with van der Waals surface area (Å²) in [6.45, 7) is 6.21. The number of ether oxygens (including phenoxy) is 3. The molecular formula is C32H36O4. The van der Waals surface area contributed by atoms with Gasteiger partial charge in [-0.05, 0) is 66.4 Å². The number of allylic oxidation sites excluding steroid dienone is 2. The molecule has 4 heteroatoms. The molecule has 0 aliphatic rings. The summed E-state index contributed by atoms with van der Waals surface area (Å²) in [4.78, 5) is 0. The maximum Gasteiger partial charge on any atom is 0.199 e. The quantitative estimate of drug-likeness (QED) is 0.160. The summed E-state index contributed by atoms with van der Waals surface area (Å²) in [5.74, 6) is 1.64. The van der Waals surface area contributed by atoms with E-state index in [-0.39, 0.29) is 11.9 Å². The highest BCUT2D eigenvalue weighted by Crippen LogP contribution is 2.23. The van der Waals surface area contributed by atoms with Crippen molar-refractivity contribution in [1.82, 2.24) is 0 Å². The summed E-state index contributed by atoms with van der Waals surface area (Å²) >= 11 is 0. The number of rotatable bonds is 12. The fourth-order valence-corrected chi connectivity index (χ4v) is 3.77. The van der Waals surface area contributed by atoms with Crippen molar-refractivity contribution in [3.05, 3.63) is 113 Å². The lowest BCUT2D eigenvalue weighted by Crippen LogP contribution is -2.30. The van der Waals surface area contributed by atoms with Crippen molar-refractivity contribution in [2.75, 3.05) is 7.11 Å². The Kier molecular flexibility index (Phi) is 9.96. The van der Waals surface area contributed by atoms with Crippen molar-refractivity contribution in [2.24, 2.45) is 0 Å². The molecule has 3 aromatic rings. The molecule has 0 aliphatic carbocycles. The van der Waals surface area contributed by atoms with Crippen molar-refractivity contribution >= 4 is 18.2 Å². The maximum atomic E-state index is 8.90. The van der Waals surface area contributed by atoms with E-state index in [4.69, 9.17) is 19.3 Å². The minimum absolute atomic E-state index is 0.217. The Balaban J connectivity index is 1.51.